The van der Waals surface area contributed by atoms with Crippen LogP contribution in [-0.2, 0) is 13.5 Å². The van der Waals surface area contributed by atoms with Gasteiger partial charge in [0, 0.05) is 13.0 Å². The van der Waals surface area contributed by atoms with E-state index in [2.05, 4.69) is 15.4 Å². The van der Waals surface area contributed by atoms with E-state index in [1.165, 1.54) is 4.80 Å². The molecule has 1 unspecified atom stereocenters. The molecule has 0 spiro atoms. The van der Waals surface area contributed by atoms with Gasteiger partial charge in [0.1, 0.15) is 5.67 Å². The highest BCUT2D eigenvalue weighted by molar-refractivity contribution is 4.94. The van der Waals surface area contributed by atoms with E-state index in [0.717, 1.165) is 0 Å². The van der Waals surface area contributed by atoms with Crippen molar-refractivity contribution in [2.24, 2.45) is 18.7 Å². The van der Waals surface area contributed by atoms with E-state index >= 15 is 0 Å². The van der Waals surface area contributed by atoms with Gasteiger partial charge >= 0.3 is 0 Å². The van der Waals surface area contributed by atoms with Crippen molar-refractivity contribution in [2.75, 3.05) is 6.54 Å². The van der Waals surface area contributed by atoms with Crippen LogP contribution >= 0.6 is 0 Å². The molecule has 1 aromatic rings. The second kappa shape index (κ2) is 4.00. The van der Waals surface area contributed by atoms with Crippen molar-refractivity contribution in [2.45, 2.75) is 25.9 Å². The summed E-state index contributed by atoms with van der Waals surface area (Å²) in [5, 5.41) is 11.3. The molecule has 6 heteroatoms. The van der Waals surface area contributed by atoms with Gasteiger partial charge in [-0.3, -0.25) is 0 Å². The highest BCUT2D eigenvalue weighted by Gasteiger charge is 2.33. The highest BCUT2D eigenvalue weighted by Crippen LogP contribution is 2.24. The fourth-order valence-corrected chi connectivity index (χ4v) is 1.17. The summed E-state index contributed by atoms with van der Waals surface area (Å²) in [6.07, 6.45) is 0.120. The molecule has 0 aromatic carbocycles. The lowest BCUT2D eigenvalue weighted by Crippen LogP contribution is -2.40. The monoisotopic (exact) mass is 201 g/mol. The van der Waals surface area contributed by atoms with Gasteiger partial charge in [-0.1, -0.05) is 13.8 Å². The number of nitrogens with zero attached hydrogens (tertiary/aromatic N) is 4. The Morgan fingerprint density at radius 2 is 2.21 bits per heavy atom. The van der Waals surface area contributed by atoms with Crippen LogP contribution in [0.25, 0.3) is 0 Å². The van der Waals surface area contributed by atoms with Crippen molar-refractivity contribution in [1.29, 1.82) is 0 Å². The van der Waals surface area contributed by atoms with E-state index in [9.17, 15) is 4.39 Å². The zero-order chi connectivity index (χ0) is 10.8. The Morgan fingerprint density at radius 3 is 2.57 bits per heavy atom. The van der Waals surface area contributed by atoms with Gasteiger partial charge in [0.25, 0.3) is 0 Å². The molecule has 0 bridgehead atoms. The highest BCUT2D eigenvalue weighted by atomic mass is 19.1. The predicted octanol–water partition coefficient (Wildman–Crippen LogP) is 0.0756. The Hall–Kier alpha value is -1.04. The molecule has 0 saturated heterocycles. The van der Waals surface area contributed by atoms with Gasteiger partial charge in [-0.15, -0.1) is 10.2 Å². The Labute approximate surface area is 82.5 Å². The van der Waals surface area contributed by atoms with Crippen LogP contribution < -0.4 is 5.73 Å². The summed E-state index contributed by atoms with van der Waals surface area (Å²) < 4.78 is 14.1. The maximum Gasteiger partial charge on any atom is 0.178 e. The lowest BCUT2D eigenvalue weighted by molar-refractivity contribution is 0.108. The fraction of sp³-hybridized carbons (Fsp3) is 0.875. The van der Waals surface area contributed by atoms with Crippen molar-refractivity contribution < 1.29 is 4.39 Å². The van der Waals surface area contributed by atoms with Crippen LogP contribution in [0.5, 0.6) is 0 Å². The average molecular weight is 201 g/mol. The molecule has 0 aliphatic carbocycles. The number of hydrogen-bond donors (Lipinski definition) is 1. The molecule has 0 fully saturated rings. The van der Waals surface area contributed by atoms with Crippen molar-refractivity contribution in [3.05, 3.63) is 5.82 Å². The van der Waals surface area contributed by atoms with Gasteiger partial charge in [0.2, 0.25) is 0 Å². The minimum Gasteiger partial charge on any atom is -0.328 e. The van der Waals surface area contributed by atoms with Gasteiger partial charge in [-0.25, -0.2) is 4.39 Å². The smallest absolute Gasteiger partial charge is 0.178 e. The number of aromatic nitrogens is 4. The summed E-state index contributed by atoms with van der Waals surface area (Å²) in [5.74, 6) is 0.241. The fourth-order valence-electron chi connectivity index (χ4n) is 1.17. The van der Waals surface area contributed by atoms with Crippen LogP contribution in [0.1, 0.15) is 19.7 Å². The van der Waals surface area contributed by atoms with Crippen molar-refractivity contribution in [1.82, 2.24) is 20.2 Å². The lowest BCUT2D eigenvalue weighted by Gasteiger charge is -2.26. The second-order valence-corrected chi connectivity index (χ2v) is 3.77. The number of nitrogens with two attached hydrogens (primary N) is 1. The largest absolute Gasteiger partial charge is 0.328 e. The molecule has 1 aromatic heterocycles. The first-order valence-electron chi connectivity index (χ1n) is 4.60. The Morgan fingerprint density at radius 1 is 1.57 bits per heavy atom. The third-order valence-electron chi connectivity index (χ3n) is 2.38. The zero-order valence-corrected chi connectivity index (χ0v) is 8.74. The number of halogens is 1. The quantitative estimate of drug-likeness (QED) is 0.748. The number of hydrogen-bond acceptors (Lipinski definition) is 4. The summed E-state index contributed by atoms with van der Waals surface area (Å²) in [5.41, 5.74) is 3.96. The minimum atomic E-state index is -1.44. The Kier molecular flexibility index (Phi) is 3.15. The molecular formula is C8H16FN5. The zero-order valence-electron chi connectivity index (χ0n) is 8.74. The first-order chi connectivity index (χ1) is 6.48. The number of aryl methyl sites for hydroxylation is 1. The molecule has 80 valence electrons. The van der Waals surface area contributed by atoms with E-state index in [-0.39, 0.29) is 18.9 Å². The van der Waals surface area contributed by atoms with E-state index in [4.69, 9.17) is 5.73 Å². The van der Waals surface area contributed by atoms with Crippen LogP contribution in [0.15, 0.2) is 0 Å². The Balaban J connectivity index is 2.75. The minimum absolute atomic E-state index is 0.0249. The summed E-state index contributed by atoms with van der Waals surface area (Å²) in [6, 6.07) is 0. The Bertz CT molecular complexity index is 298. The summed E-state index contributed by atoms with van der Waals surface area (Å²) in [7, 11) is 1.65. The van der Waals surface area contributed by atoms with E-state index < -0.39 is 5.67 Å². The first-order valence-corrected chi connectivity index (χ1v) is 4.60. The molecule has 5 nitrogen and oxygen atoms in total. The molecule has 0 saturated carbocycles. The van der Waals surface area contributed by atoms with Crippen molar-refractivity contribution in [3.8, 4) is 0 Å². The number of rotatable bonds is 4. The van der Waals surface area contributed by atoms with Crippen LogP contribution in [0, 0.1) is 5.92 Å². The van der Waals surface area contributed by atoms with Gasteiger partial charge in [-0.2, -0.15) is 4.80 Å². The standard InChI is InChI=1S/C8H16FN5/c1-6(2)8(9,5-10)4-7-11-13-14(3)12-7/h6H,4-5,10H2,1-3H3. The number of alkyl halides is 1. The van der Waals surface area contributed by atoms with Gasteiger partial charge in [0.15, 0.2) is 5.82 Å². The maximum atomic E-state index is 14.1. The van der Waals surface area contributed by atoms with E-state index in [1.807, 2.05) is 0 Å². The molecular weight excluding hydrogens is 185 g/mol. The van der Waals surface area contributed by atoms with Crippen LogP contribution in [0.2, 0.25) is 0 Å². The molecule has 2 N–H and O–H groups in total. The molecule has 0 radical (unpaired) electrons. The lowest BCUT2D eigenvalue weighted by atomic mass is 9.89. The third kappa shape index (κ3) is 2.25. The van der Waals surface area contributed by atoms with E-state index in [0.29, 0.717) is 5.82 Å². The number of tetrazole rings is 1. The van der Waals surface area contributed by atoms with Crippen molar-refractivity contribution >= 4 is 0 Å². The SMILES string of the molecule is CC(C)C(F)(CN)Cc1nnn(C)n1. The molecule has 1 heterocycles. The normalized spacial score (nSPS) is 15.9. The molecule has 14 heavy (non-hydrogen) atoms. The van der Waals surface area contributed by atoms with Crippen LogP contribution in [0.4, 0.5) is 4.39 Å². The molecule has 1 rings (SSSR count). The molecule has 0 aliphatic heterocycles. The van der Waals surface area contributed by atoms with Gasteiger partial charge < -0.3 is 5.73 Å². The average Bonchev–Trinajstić information content (AvgIpc) is 2.50. The first kappa shape index (κ1) is 11.0. The summed E-state index contributed by atoms with van der Waals surface area (Å²) >= 11 is 0. The molecule has 0 amide bonds. The molecule has 0 aliphatic rings. The summed E-state index contributed by atoms with van der Waals surface area (Å²) in [4.78, 5) is 1.31. The van der Waals surface area contributed by atoms with Crippen LogP contribution in [0.3, 0.4) is 0 Å². The maximum absolute atomic E-state index is 14.1. The third-order valence-corrected chi connectivity index (χ3v) is 2.38. The summed E-state index contributed by atoms with van der Waals surface area (Å²) in [6.45, 7) is 3.56. The van der Waals surface area contributed by atoms with Crippen molar-refractivity contribution in [3.63, 3.8) is 0 Å². The van der Waals surface area contributed by atoms with Gasteiger partial charge in [0.05, 0.1) is 7.05 Å². The predicted molar refractivity (Wildman–Crippen MR) is 50.2 cm³/mol. The van der Waals surface area contributed by atoms with Gasteiger partial charge in [-0.05, 0) is 11.1 Å². The van der Waals surface area contributed by atoms with E-state index in [1.54, 1.807) is 20.9 Å². The molecule has 1 atom stereocenters. The van der Waals surface area contributed by atoms with Crippen LogP contribution in [-0.4, -0.2) is 32.4 Å². The second-order valence-electron chi connectivity index (χ2n) is 3.77. The topological polar surface area (TPSA) is 69.6 Å².